The molecule has 1 aliphatic carbocycles. The van der Waals surface area contributed by atoms with Crippen LogP contribution in [0.15, 0.2) is 41.0 Å². The van der Waals surface area contributed by atoms with Gasteiger partial charge in [-0.25, -0.2) is 0 Å². The van der Waals surface area contributed by atoms with Gasteiger partial charge in [0, 0.05) is 18.3 Å². The second-order valence-electron chi connectivity index (χ2n) is 5.26. The second kappa shape index (κ2) is 5.10. The van der Waals surface area contributed by atoms with E-state index in [1.165, 1.54) is 29.7 Å². The minimum Gasteiger partial charge on any atom is -0.467 e. The lowest BCUT2D eigenvalue weighted by Crippen LogP contribution is -2.25. The molecule has 1 aromatic carbocycles. The maximum atomic E-state index is 5.70. The number of benzene rings is 1. The van der Waals surface area contributed by atoms with Gasteiger partial charge in [0.2, 0.25) is 0 Å². The van der Waals surface area contributed by atoms with Crippen molar-refractivity contribution < 1.29 is 4.42 Å². The molecular weight excluding hydrogens is 236 g/mol. The van der Waals surface area contributed by atoms with Gasteiger partial charge in [-0.3, -0.25) is 0 Å². The highest BCUT2D eigenvalue weighted by Gasteiger charge is 2.30. The van der Waals surface area contributed by atoms with Crippen molar-refractivity contribution in [2.24, 2.45) is 5.73 Å². The molecule has 3 rings (SSSR count). The summed E-state index contributed by atoms with van der Waals surface area (Å²) in [6.45, 7) is 3.61. The number of furan rings is 1. The number of nitrogens with zero attached hydrogens (tertiary/aromatic N) is 1. The average Bonchev–Trinajstić information content (AvgIpc) is 3.14. The van der Waals surface area contributed by atoms with Crippen LogP contribution >= 0.6 is 0 Å². The first-order valence-corrected chi connectivity index (χ1v) is 6.86. The molecule has 0 radical (unpaired) electrons. The van der Waals surface area contributed by atoms with E-state index < -0.39 is 0 Å². The standard InChI is InChI=1S/C16H20N2O/c1-12-9-13(10-17)4-7-16(12)18(14-5-6-14)11-15-3-2-8-19-15/h2-4,7-9,14H,5-6,10-11,17H2,1H3. The SMILES string of the molecule is Cc1cc(CN)ccc1N(Cc1ccco1)C1CC1. The van der Waals surface area contributed by atoms with Crippen LogP contribution in [0.3, 0.4) is 0 Å². The van der Waals surface area contributed by atoms with Crippen LogP contribution in [0.1, 0.15) is 29.7 Å². The molecule has 0 bridgehead atoms. The molecule has 1 saturated carbocycles. The number of hydrogen-bond donors (Lipinski definition) is 1. The molecule has 0 atom stereocenters. The molecule has 0 unspecified atom stereocenters. The van der Waals surface area contributed by atoms with Gasteiger partial charge in [-0.2, -0.15) is 0 Å². The van der Waals surface area contributed by atoms with Crippen LogP contribution in [0, 0.1) is 6.92 Å². The van der Waals surface area contributed by atoms with Crippen LogP contribution in [-0.4, -0.2) is 6.04 Å². The number of nitrogens with two attached hydrogens (primary N) is 1. The Balaban J connectivity index is 1.87. The van der Waals surface area contributed by atoms with Gasteiger partial charge in [-0.1, -0.05) is 12.1 Å². The molecule has 0 spiro atoms. The van der Waals surface area contributed by atoms with Gasteiger partial charge in [-0.15, -0.1) is 0 Å². The average molecular weight is 256 g/mol. The molecule has 3 heteroatoms. The number of hydrogen-bond acceptors (Lipinski definition) is 3. The van der Waals surface area contributed by atoms with Crippen molar-refractivity contribution in [2.45, 2.75) is 38.9 Å². The van der Waals surface area contributed by atoms with Gasteiger partial charge in [0.25, 0.3) is 0 Å². The molecule has 1 aliphatic rings. The minimum absolute atomic E-state index is 0.600. The Kier molecular flexibility index (Phi) is 3.30. The Hall–Kier alpha value is -1.74. The van der Waals surface area contributed by atoms with E-state index in [4.69, 9.17) is 10.2 Å². The lowest BCUT2D eigenvalue weighted by Gasteiger charge is -2.26. The van der Waals surface area contributed by atoms with Crippen LogP contribution < -0.4 is 10.6 Å². The zero-order chi connectivity index (χ0) is 13.2. The fourth-order valence-electron chi connectivity index (χ4n) is 2.53. The monoisotopic (exact) mass is 256 g/mol. The summed E-state index contributed by atoms with van der Waals surface area (Å²) in [7, 11) is 0. The molecule has 0 amide bonds. The third kappa shape index (κ3) is 2.66. The summed E-state index contributed by atoms with van der Waals surface area (Å²) in [4.78, 5) is 2.45. The van der Waals surface area contributed by atoms with E-state index in [2.05, 4.69) is 30.0 Å². The Bertz CT molecular complexity index is 544. The highest BCUT2D eigenvalue weighted by molar-refractivity contribution is 5.56. The Morgan fingerprint density at radius 2 is 2.16 bits per heavy atom. The smallest absolute Gasteiger partial charge is 0.123 e. The van der Waals surface area contributed by atoms with Crippen LogP contribution in [0.25, 0.3) is 0 Å². The predicted molar refractivity (Wildman–Crippen MR) is 77.0 cm³/mol. The quantitative estimate of drug-likeness (QED) is 0.893. The molecular formula is C16H20N2O. The fourth-order valence-corrected chi connectivity index (χ4v) is 2.53. The van der Waals surface area contributed by atoms with E-state index in [0.29, 0.717) is 12.6 Å². The van der Waals surface area contributed by atoms with Gasteiger partial charge in [0.1, 0.15) is 5.76 Å². The number of rotatable bonds is 5. The van der Waals surface area contributed by atoms with Crippen molar-refractivity contribution in [1.29, 1.82) is 0 Å². The van der Waals surface area contributed by atoms with Crippen molar-refractivity contribution in [3.05, 3.63) is 53.5 Å². The van der Waals surface area contributed by atoms with E-state index in [0.717, 1.165) is 12.3 Å². The van der Waals surface area contributed by atoms with Gasteiger partial charge in [0.15, 0.2) is 0 Å². The van der Waals surface area contributed by atoms with E-state index in [-0.39, 0.29) is 0 Å². The highest BCUT2D eigenvalue weighted by Crippen LogP contribution is 2.35. The summed E-state index contributed by atoms with van der Waals surface area (Å²) in [5.74, 6) is 1.02. The third-order valence-electron chi connectivity index (χ3n) is 3.70. The summed E-state index contributed by atoms with van der Waals surface area (Å²) in [6, 6.07) is 11.2. The Labute approximate surface area is 114 Å². The molecule has 2 aromatic rings. The van der Waals surface area contributed by atoms with Crippen molar-refractivity contribution >= 4 is 5.69 Å². The van der Waals surface area contributed by atoms with E-state index in [1.54, 1.807) is 6.26 Å². The highest BCUT2D eigenvalue weighted by atomic mass is 16.3. The van der Waals surface area contributed by atoms with Crippen molar-refractivity contribution in [2.75, 3.05) is 4.90 Å². The van der Waals surface area contributed by atoms with Gasteiger partial charge in [0.05, 0.1) is 12.8 Å². The zero-order valence-electron chi connectivity index (χ0n) is 11.3. The van der Waals surface area contributed by atoms with Crippen LogP contribution in [0.5, 0.6) is 0 Å². The van der Waals surface area contributed by atoms with Crippen molar-refractivity contribution in [3.63, 3.8) is 0 Å². The minimum atomic E-state index is 0.600. The summed E-state index contributed by atoms with van der Waals surface area (Å²) in [5.41, 5.74) is 9.48. The fraction of sp³-hybridized carbons (Fsp3) is 0.375. The van der Waals surface area contributed by atoms with E-state index >= 15 is 0 Å². The topological polar surface area (TPSA) is 42.4 Å². The van der Waals surface area contributed by atoms with Crippen molar-refractivity contribution in [1.82, 2.24) is 0 Å². The van der Waals surface area contributed by atoms with E-state index in [1.807, 2.05) is 12.1 Å². The molecule has 1 fully saturated rings. The van der Waals surface area contributed by atoms with Gasteiger partial charge >= 0.3 is 0 Å². The molecule has 1 heterocycles. The predicted octanol–water partition coefficient (Wildman–Crippen LogP) is 3.22. The Morgan fingerprint density at radius 1 is 1.32 bits per heavy atom. The first-order chi connectivity index (χ1) is 9.28. The number of anilines is 1. The summed E-state index contributed by atoms with van der Waals surface area (Å²) < 4.78 is 5.49. The normalized spacial score (nSPS) is 14.6. The molecule has 0 aliphatic heterocycles. The molecule has 0 saturated heterocycles. The summed E-state index contributed by atoms with van der Waals surface area (Å²) >= 11 is 0. The molecule has 19 heavy (non-hydrogen) atoms. The first-order valence-electron chi connectivity index (χ1n) is 6.86. The molecule has 100 valence electrons. The maximum Gasteiger partial charge on any atom is 0.123 e. The Morgan fingerprint density at radius 3 is 2.74 bits per heavy atom. The summed E-state index contributed by atoms with van der Waals surface area (Å²) in [5, 5.41) is 0. The van der Waals surface area contributed by atoms with Crippen LogP contribution in [0.2, 0.25) is 0 Å². The summed E-state index contributed by atoms with van der Waals surface area (Å²) in [6.07, 6.45) is 4.29. The lowest BCUT2D eigenvalue weighted by molar-refractivity contribution is 0.501. The molecule has 2 N–H and O–H groups in total. The third-order valence-corrected chi connectivity index (χ3v) is 3.70. The first kappa shape index (κ1) is 12.3. The van der Waals surface area contributed by atoms with Crippen molar-refractivity contribution in [3.8, 4) is 0 Å². The van der Waals surface area contributed by atoms with E-state index in [9.17, 15) is 0 Å². The van der Waals surface area contributed by atoms with Gasteiger partial charge in [-0.05, 0) is 49.1 Å². The largest absolute Gasteiger partial charge is 0.467 e. The second-order valence-corrected chi connectivity index (χ2v) is 5.26. The molecule has 3 nitrogen and oxygen atoms in total. The van der Waals surface area contributed by atoms with Crippen LogP contribution in [0.4, 0.5) is 5.69 Å². The lowest BCUT2D eigenvalue weighted by atomic mass is 10.1. The number of aryl methyl sites for hydroxylation is 1. The van der Waals surface area contributed by atoms with Gasteiger partial charge < -0.3 is 15.1 Å². The van der Waals surface area contributed by atoms with Crippen LogP contribution in [-0.2, 0) is 13.1 Å². The molecule has 1 aromatic heterocycles. The zero-order valence-corrected chi connectivity index (χ0v) is 11.3. The maximum absolute atomic E-state index is 5.70.